The second-order valence-electron chi connectivity index (χ2n) is 5.74. The number of nitrogens with one attached hydrogen (secondary N) is 2. The number of para-hydroxylation sites is 2. The Morgan fingerprint density at radius 3 is 2.27 bits per heavy atom. The average molecular weight is 356 g/mol. The lowest BCUT2D eigenvalue weighted by Crippen LogP contribution is -2.32. The van der Waals surface area contributed by atoms with Gasteiger partial charge in [-0.2, -0.15) is 0 Å². The van der Waals surface area contributed by atoms with Gasteiger partial charge in [-0.15, -0.1) is 0 Å². The Balaban J connectivity index is 1.84. The molecule has 0 aliphatic carbocycles. The van der Waals surface area contributed by atoms with Crippen molar-refractivity contribution in [3.63, 3.8) is 0 Å². The quantitative estimate of drug-likeness (QED) is 0.762. The molecule has 0 spiro atoms. The highest BCUT2D eigenvalue weighted by Gasteiger charge is 2.15. The van der Waals surface area contributed by atoms with Crippen molar-refractivity contribution < 1.29 is 19.1 Å². The molecule has 0 aliphatic rings. The Bertz CT molecular complexity index is 761. The summed E-state index contributed by atoms with van der Waals surface area (Å²) < 4.78 is 10.5. The highest BCUT2D eigenvalue weighted by molar-refractivity contribution is 5.97. The molecule has 0 heterocycles. The third-order valence-electron chi connectivity index (χ3n) is 3.97. The van der Waals surface area contributed by atoms with Gasteiger partial charge in [0.05, 0.1) is 25.8 Å². The fourth-order valence-corrected chi connectivity index (χ4v) is 2.63. The number of carbonyl (C=O) groups excluding carboxylic acids is 2. The van der Waals surface area contributed by atoms with Crippen molar-refractivity contribution in [1.29, 1.82) is 0 Å². The molecule has 26 heavy (non-hydrogen) atoms. The molecule has 0 bridgehead atoms. The first kappa shape index (κ1) is 19.3. The van der Waals surface area contributed by atoms with E-state index in [1.165, 1.54) is 7.11 Å². The summed E-state index contributed by atoms with van der Waals surface area (Å²) in [5.74, 6) is 0.806. The largest absolute Gasteiger partial charge is 0.496 e. The van der Waals surface area contributed by atoms with Gasteiger partial charge >= 0.3 is 0 Å². The minimum atomic E-state index is -0.270. The van der Waals surface area contributed by atoms with Gasteiger partial charge in [-0.05, 0) is 25.1 Å². The van der Waals surface area contributed by atoms with Crippen molar-refractivity contribution in [3.8, 4) is 11.5 Å². The molecular formula is C20H24N2O4. The predicted octanol–water partition coefficient (Wildman–Crippen LogP) is 2.70. The number of hydrogen-bond donors (Lipinski definition) is 2. The van der Waals surface area contributed by atoms with Crippen LogP contribution in [0.2, 0.25) is 0 Å². The van der Waals surface area contributed by atoms with E-state index in [0.717, 1.165) is 11.3 Å². The summed E-state index contributed by atoms with van der Waals surface area (Å²) in [6.45, 7) is 2.13. The molecule has 0 saturated heterocycles. The molecule has 2 aromatic rings. The lowest BCUT2D eigenvalue weighted by Gasteiger charge is -2.17. The van der Waals surface area contributed by atoms with Crippen LogP contribution in [0.5, 0.6) is 11.5 Å². The first-order chi connectivity index (χ1) is 12.6. The van der Waals surface area contributed by atoms with Crippen LogP contribution in [0.3, 0.4) is 0 Å². The van der Waals surface area contributed by atoms with E-state index in [4.69, 9.17) is 9.47 Å². The Morgan fingerprint density at radius 2 is 1.58 bits per heavy atom. The molecule has 138 valence electrons. The number of ether oxygens (including phenoxy) is 2. The molecule has 2 aromatic carbocycles. The second-order valence-corrected chi connectivity index (χ2v) is 5.74. The molecule has 0 unspecified atom stereocenters. The van der Waals surface area contributed by atoms with E-state index in [9.17, 15) is 9.59 Å². The normalized spacial score (nSPS) is 11.3. The molecule has 0 aliphatic heterocycles. The maximum atomic E-state index is 12.2. The molecule has 0 aromatic heterocycles. The minimum absolute atomic E-state index is 0.149. The zero-order chi connectivity index (χ0) is 18.9. The highest BCUT2D eigenvalue weighted by Crippen LogP contribution is 2.24. The Hall–Kier alpha value is -3.02. The van der Waals surface area contributed by atoms with Crippen LogP contribution in [0.4, 0.5) is 0 Å². The zero-order valence-electron chi connectivity index (χ0n) is 15.2. The molecular weight excluding hydrogens is 332 g/mol. The Morgan fingerprint density at radius 1 is 0.962 bits per heavy atom. The summed E-state index contributed by atoms with van der Waals surface area (Å²) >= 11 is 0. The summed E-state index contributed by atoms with van der Waals surface area (Å²) in [7, 11) is 3.11. The molecule has 1 atom stereocenters. The standard InChI is InChI=1S/C20H24N2O4/c1-14(15-8-4-6-10-17(15)25-2)22-19(23)12-13-21-20(24)16-9-5-7-11-18(16)26-3/h4-11,14H,12-13H2,1-3H3,(H,21,24)(H,22,23)/t14-/m0/s1. The van der Waals surface area contributed by atoms with Crippen LogP contribution in [-0.2, 0) is 4.79 Å². The van der Waals surface area contributed by atoms with Crippen molar-refractivity contribution in [2.24, 2.45) is 0 Å². The first-order valence-corrected chi connectivity index (χ1v) is 8.40. The van der Waals surface area contributed by atoms with E-state index in [1.54, 1.807) is 31.4 Å². The number of amides is 2. The summed E-state index contributed by atoms with van der Waals surface area (Å²) in [5.41, 5.74) is 1.35. The van der Waals surface area contributed by atoms with Gasteiger partial charge in [0, 0.05) is 18.5 Å². The van der Waals surface area contributed by atoms with Crippen LogP contribution >= 0.6 is 0 Å². The van der Waals surface area contributed by atoms with E-state index in [1.807, 2.05) is 31.2 Å². The van der Waals surface area contributed by atoms with Crippen LogP contribution in [0.15, 0.2) is 48.5 Å². The number of rotatable bonds is 8. The molecule has 2 rings (SSSR count). The summed E-state index contributed by atoms with van der Waals surface area (Å²) in [4.78, 5) is 24.3. The maximum Gasteiger partial charge on any atom is 0.255 e. The van der Waals surface area contributed by atoms with Crippen molar-refractivity contribution in [3.05, 3.63) is 59.7 Å². The average Bonchev–Trinajstić information content (AvgIpc) is 2.67. The van der Waals surface area contributed by atoms with Gasteiger partial charge < -0.3 is 20.1 Å². The molecule has 0 fully saturated rings. The monoisotopic (exact) mass is 356 g/mol. The molecule has 2 amide bonds. The number of benzene rings is 2. The van der Waals surface area contributed by atoms with Crippen LogP contribution in [0.25, 0.3) is 0 Å². The van der Waals surface area contributed by atoms with E-state index < -0.39 is 0 Å². The highest BCUT2D eigenvalue weighted by atomic mass is 16.5. The van der Waals surface area contributed by atoms with Gasteiger partial charge in [0.2, 0.25) is 5.91 Å². The van der Waals surface area contributed by atoms with Crippen LogP contribution in [0, 0.1) is 0 Å². The Labute approximate surface area is 153 Å². The number of methoxy groups -OCH3 is 2. The fraction of sp³-hybridized carbons (Fsp3) is 0.300. The maximum absolute atomic E-state index is 12.2. The van der Waals surface area contributed by atoms with E-state index >= 15 is 0 Å². The zero-order valence-corrected chi connectivity index (χ0v) is 15.2. The topological polar surface area (TPSA) is 76.7 Å². The van der Waals surface area contributed by atoms with Crippen molar-refractivity contribution in [2.75, 3.05) is 20.8 Å². The van der Waals surface area contributed by atoms with Crippen molar-refractivity contribution in [2.45, 2.75) is 19.4 Å². The smallest absolute Gasteiger partial charge is 0.255 e. The first-order valence-electron chi connectivity index (χ1n) is 8.40. The van der Waals surface area contributed by atoms with Gasteiger partial charge in [0.25, 0.3) is 5.91 Å². The van der Waals surface area contributed by atoms with Gasteiger partial charge in [-0.25, -0.2) is 0 Å². The Kier molecular flexibility index (Phi) is 7.02. The lowest BCUT2D eigenvalue weighted by atomic mass is 10.1. The fourth-order valence-electron chi connectivity index (χ4n) is 2.63. The molecule has 6 nitrogen and oxygen atoms in total. The SMILES string of the molecule is COc1ccccc1C(=O)NCCC(=O)N[C@@H](C)c1ccccc1OC. The predicted molar refractivity (Wildman–Crippen MR) is 99.5 cm³/mol. The summed E-state index contributed by atoms with van der Waals surface area (Å²) in [5, 5.41) is 5.65. The van der Waals surface area contributed by atoms with Crippen molar-refractivity contribution in [1.82, 2.24) is 10.6 Å². The van der Waals surface area contributed by atoms with E-state index in [-0.39, 0.29) is 30.8 Å². The molecule has 2 N–H and O–H groups in total. The van der Waals surface area contributed by atoms with Gasteiger partial charge in [-0.3, -0.25) is 9.59 Å². The van der Waals surface area contributed by atoms with E-state index in [2.05, 4.69) is 10.6 Å². The summed E-state index contributed by atoms with van der Waals surface area (Å²) in [6, 6.07) is 14.3. The van der Waals surface area contributed by atoms with Gasteiger partial charge in [0.15, 0.2) is 0 Å². The minimum Gasteiger partial charge on any atom is -0.496 e. The van der Waals surface area contributed by atoms with E-state index in [0.29, 0.717) is 11.3 Å². The molecule has 0 radical (unpaired) electrons. The number of hydrogen-bond acceptors (Lipinski definition) is 4. The van der Waals surface area contributed by atoms with Crippen LogP contribution in [0.1, 0.15) is 35.3 Å². The lowest BCUT2D eigenvalue weighted by molar-refractivity contribution is -0.121. The molecule has 6 heteroatoms. The van der Waals surface area contributed by atoms with Gasteiger partial charge in [0.1, 0.15) is 11.5 Å². The third-order valence-corrected chi connectivity index (χ3v) is 3.97. The second kappa shape index (κ2) is 9.46. The third kappa shape index (κ3) is 4.99. The summed E-state index contributed by atoms with van der Waals surface area (Å²) in [6.07, 6.45) is 0.181. The van der Waals surface area contributed by atoms with Gasteiger partial charge in [-0.1, -0.05) is 30.3 Å². The van der Waals surface area contributed by atoms with Crippen LogP contribution < -0.4 is 20.1 Å². The van der Waals surface area contributed by atoms with Crippen LogP contribution in [-0.4, -0.2) is 32.6 Å². The number of carbonyl (C=O) groups is 2. The van der Waals surface area contributed by atoms with Crippen molar-refractivity contribution >= 4 is 11.8 Å². The molecule has 0 saturated carbocycles.